The molecule has 1 heterocycles. The zero-order valence-corrected chi connectivity index (χ0v) is 13.5. The molecule has 4 heteroatoms. The number of carbonyl (C=O) groups excluding carboxylic acids is 1. The van der Waals surface area contributed by atoms with Gasteiger partial charge in [-0.15, -0.1) is 11.3 Å². The zero-order valence-electron chi connectivity index (χ0n) is 12.7. The summed E-state index contributed by atoms with van der Waals surface area (Å²) < 4.78 is 4.61. The molecule has 0 aliphatic heterocycles. The summed E-state index contributed by atoms with van der Waals surface area (Å²) in [5, 5.41) is 5.20. The number of thiophene rings is 1. The normalized spacial score (nSPS) is 10.4. The van der Waals surface area contributed by atoms with Gasteiger partial charge in [0.15, 0.2) is 0 Å². The van der Waals surface area contributed by atoms with Crippen molar-refractivity contribution in [2.75, 3.05) is 7.11 Å². The van der Waals surface area contributed by atoms with Crippen molar-refractivity contribution in [2.45, 2.75) is 54.1 Å². The Labute approximate surface area is 116 Å². The average molecular weight is 273 g/mol. The third kappa shape index (κ3) is 8.25. The van der Waals surface area contributed by atoms with Crippen LogP contribution in [0.2, 0.25) is 0 Å². The van der Waals surface area contributed by atoms with Crippen molar-refractivity contribution in [1.82, 2.24) is 5.32 Å². The molecule has 1 rings (SSSR count). The van der Waals surface area contributed by atoms with Crippen LogP contribution in [-0.4, -0.2) is 19.1 Å². The molecule has 0 aromatic carbocycles. The monoisotopic (exact) mass is 273 g/mol. The van der Waals surface area contributed by atoms with Gasteiger partial charge >= 0.3 is 5.97 Å². The van der Waals surface area contributed by atoms with Crippen molar-refractivity contribution in [2.24, 2.45) is 0 Å². The Morgan fingerprint density at radius 1 is 1.39 bits per heavy atom. The highest BCUT2D eigenvalue weighted by atomic mass is 32.1. The average Bonchev–Trinajstić information content (AvgIpc) is 2.85. The number of methoxy groups -OCH3 is 1. The minimum absolute atomic E-state index is 0.224. The maximum atomic E-state index is 11.1. The summed E-state index contributed by atoms with van der Waals surface area (Å²) in [6.45, 7) is 12.6. The van der Waals surface area contributed by atoms with Gasteiger partial charge in [0.2, 0.25) is 0 Å². The number of aryl methyl sites for hydroxylation is 1. The minimum Gasteiger partial charge on any atom is -0.468 e. The van der Waals surface area contributed by atoms with Gasteiger partial charge in [-0.25, -0.2) is 0 Å². The Bertz CT molecular complexity index is 310. The first-order valence-electron chi connectivity index (χ1n) is 6.48. The van der Waals surface area contributed by atoms with E-state index >= 15 is 0 Å². The molecule has 0 aliphatic carbocycles. The Morgan fingerprint density at radius 2 is 1.94 bits per heavy atom. The maximum Gasteiger partial charge on any atom is 0.322 e. The molecule has 0 aliphatic rings. The highest BCUT2D eigenvalue weighted by molar-refractivity contribution is 7.10. The minimum atomic E-state index is -0.248. The van der Waals surface area contributed by atoms with Gasteiger partial charge in [0.05, 0.1) is 7.11 Å². The smallest absolute Gasteiger partial charge is 0.322 e. The number of hydrogen-bond acceptors (Lipinski definition) is 4. The van der Waals surface area contributed by atoms with Gasteiger partial charge < -0.3 is 4.74 Å². The molecule has 1 atom stereocenters. The van der Waals surface area contributed by atoms with Gasteiger partial charge in [0.1, 0.15) is 6.04 Å². The second-order valence-electron chi connectivity index (χ2n) is 3.22. The maximum absolute atomic E-state index is 11.1. The van der Waals surface area contributed by atoms with E-state index in [1.54, 1.807) is 18.3 Å². The molecule has 3 nitrogen and oxygen atoms in total. The zero-order chi connectivity index (χ0) is 14.6. The van der Waals surface area contributed by atoms with Crippen LogP contribution in [0.15, 0.2) is 11.4 Å². The van der Waals surface area contributed by atoms with E-state index in [2.05, 4.69) is 28.4 Å². The molecule has 1 N–H and O–H groups in total. The van der Waals surface area contributed by atoms with E-state index in [-0.39, 0.29) is 12.0 Å². The highest BCUT2D eigenvalue weighted by Gasteiger charge is 2.11. The van der Waals surface area contributed by atoms with Crippen molar-refractivity contribution < 1.29 is 9.53 Å². The van der Waals surface area contributed by atoms with Crippen molar-refractivity contribution >= 4 is 17.3 Å². The van der Waals surface area contributed by atoms with Crippen LogP contribution in [0.1, 0.15) is 45.1 Å². The number of esters is 1. The van der Waals surface area contributed by atoms with Crippen LogP contribution in [0.25, 0.3) is 0 Å². The van der Waals surface area contributed by atoms with Gasteiger partial charge in [0, 0.05) is 11.4 Å². The van der Waals surface area contributed by atoms with E-state index in [1.807, 2.05) is 27.7 Å². The summed E-state index contributed by atoms with van der Waals surface area (Å²) in [7, 11) is 1.40. The third-order valence-corrected chi connectivity index (χ3v) is 2.98. The van der Waals surface area contributed by atoms with Crippen molar-refractivity contribution in [3.8, 4) is 0 Å². The molecule has 0 saturated carbocycles. The first-order chi connectivity index (χ1) is 8.63. The van der Waals surface area contributed by atoms with Gasteiger partial charge in [0.25, 0.3) is 0 Å². The molecule has 1 aromatic heterocycles. The lowest BCUT2D eigenvalue weighted by Crippen LogP contribution is -2.34. The second kappa shape index (κ2) is 12.6. The Morgan fingerprint density at radius 3 is 2.33 bits per heavy atom. The molecule has 0 spiro atoms. The second-order valence-corrected chi connectivity index (χ2v) is 4.21. The number of rotatable bonds is 4. The molecule has 0 radical (unpaired) electrons. The summed E-state index contributed by atoms with van der Waals surface area (Å²) in [4.78, 5) is 12.3. The van der Waals surface area contributed by atoms with Gasteiger partial charge in [-0.2, -0.15) is 0 Å². The van der Waals surface area contributed by atoms with Crippen LogP contribution < -0.4 is 5.32 Å². The lowest BCUT2D eigenvalue weighted by atomic mass is 10.3. The topological polar surface area (TPSA) is 38.3 Å². The fourth-order valence-corrected chi connectivity index (χ4v) is 1.92. The molecule has 0 fully saturated rings. The SMILES string of the molecule is CC.CC.COC(=O)C(C)NCc1cc(C)cs1. The van der Waals surface area contributed by atoms with E-state index in [0.29, 0.717) is 0 Å². The van der Waals surface area contributed by atoms with Crippen LogP contribution >= 0.6 is 11.3 Å². The quantitative estimate of drug-likeness (QED) is 0.849. The van der Waals surface area contributed by atoms with Crippen molar-refractivity contribution in [1.29, 1.82) is 0 Å². The number of hydrogen-bond donors (Lipinski definition) is 1. The summed E-state index contributed by atoms with van der Waals surface area (Å²) in [6.07, 6.45) is 0. The summed E-state index contributed by atoms with van der Waals surface area (Å²) >= 11 is 1.70. The number of carbonyl (C=O) groups is 1. The summed E-state index contributed by atoms with van der Waals surface area (Å²) in [5.41, 5.74) is 1.26. The van der Waals surface area contributed by atoms with E-state index in [1.165, 1.54) is 17.6 Å². The van der Waals surface area contributed by atoms with E-state index in [9.17, 15) is 4.79 Å². The van der Waals surface area contributed by atoms with E-state index < -0.39 is 0 Å². The molecule has 0 bridgehead atoms. The first-order valence-corrected chi connectivity index (χ1v) is 7.36. The summed E-state index contributed by atoms with van der Waals surface area (Å²) in [6, 6.07) is 1.86. The standard InChI is InChI=1S/C10H15NO2S.2C2H6/c1-7-4-9(14-6-7)5-11-8(2)10(12)13-3;2*1-2/h4,6,8,11H,5H2,1-3H3;2*1-2H3. The van der Waals surface area contributed by atoms with Gasteiger partial charge in [-0.05, 0) is 30.9 Å². The van der Waals surface area contributed by atoms with E-state index in [0.717, 1.165) is 6.54 Å². The lowest BCUT2D eigenvalue weighted by Gasteiger charge is -2.09. The molecule has 18 heavy (non-hydrogen) atoms. The lowest BCUT2D eigenvalue weighted by molar-refractivity contribution is -0.142. The van der Waals surface area contributed by atoms with E-state index in [4.69, 9.17) is 0 Å². The van der Waals surface area contributed by atoms with Gasteiger partial charge in [-0.1, -0.05) is 27.7 Å². The van der Waals surface area contributed by atoms with Crippen molar-refractivity contribution in [3.05, 3.63) is 21.9 Å². The Balaban J connectivity index is 0. The molecular formula is C14H27NO2S. The first kappa shape index (κ1) is 19.5. The largest absolute Gasteiger partial charge is 0.468 e. The van der Waals surface area contributed by atoms with Crippen LogP contribution in [0.5, 0.6) is 0 Å². The molecule has 0 saturated heterocycles. The van der Waals surface area contributed by atoms with Crippen LogP contribution in [0.4, 0.5) is 0 Å². The highest BCUT2D eigenvalue weighted by Crippen LogP contribution is 2.13. The van der Waals surface area contributed by atoms with Crippen LogP contribution in [0, 0.1) is 6.92 Å². The molecule has 0 amide bonds. The van der Waals surface area contributed by atoms with Crippen LogP contribution in [0.3, 0.4) is 0 Å². The fraction of sp³-hybridized carbons (Fsp3) is 0.643. The number of nitrogens with one attached hydrogen (secondary N) is 1. The predicted molar refractivity (Wildman–Crippen MR) is 80.1 cm³/mol. The fourth-order valence-electron chi connectivity index (χ4n) is 1.10. The predicted octanol–water partition coefficient (Wildman–Crippen LogP) is 3.76. The third-order valence-electron chi connectivity index (χ3n) is 1.92. The van der Waals surface area contributed by atoms with Gasteiger partial charge in [-0.3, -0.25) is 10.1 Å². The Kier molecular flexibility index (Phi) is 13.6. The Hall–Kier alpha value is -0.870. The number of ether oxygens (including phenoxy) is 1. The summed E-state index contributed by atoms with van der Waals surface area (Å²) in [5.74, 6) is -0.224. The molecular weight excluding hydrogens is 246 g/mol. The molecule has 1 aromatic rings. The molecule has 1 unspecified atom stereocenters. The molecule has 106 valence electrons. The van der Waals surface area contributed by atoms with Crippen LogP contribution in [-0.2, 0) is 16.1 Å². The van der Waals surface area contributed by atoms with Crippen molar-refractivity contribution in [3.63, 3.8) is 0 Å².